The third kappa shape index (κ3) is 4.57. The van der Waals surface area contributed by atoms with E-state index < -0.39 is 0 Å². The molecule has 0 heterocycles. The molecule has 4 N–H and O–H groups in total. The molecular formula is C28H50N2O4. The summed E-state index contributed by atoms with van der Waals surface area (Å²) in [6.07, 6.45) is 6.82. The molecule has 4 saturated carbocycles. The summed E-state index contributed by atoms with van der Waals surface area (Å²) in [5.74, 6) is 2.14. The van der Waals surface area contributed by atoms with Gasteiger partial charge in [-0.15, -0.1) is 0 Å². The number of carbonyl (C=O) groups excluding carboxylic acids is 1. The van der Waals surface area contributed by atoms with Gasteiger partial charge in [-0.3, -0.25) is 4.79 Å². The molecule has 6 nitrogen and oxygen atoms in total. The molecule has 0 saturated heterocycles. The molecule has 34 heavy (non-hydrogen) atoms. The first kappa shape index (κ1) is 26.4. The van der Waals surface area contributed by atoms with Crippen molar-refractivity contribution >= 4 is 5.91 Å². The van der Waals surface area contributed by atoms with Gasteiger partial charge < -0.3 is 25.5 Å². The van der Waals surface area contributed by atoms with E-state index in [1.54, 1.807) is 0 Å². The Labute approximate surface area is 206 Å². The van der Waals surface area contributed by atoms with E-state index in [1.807, 2.05) is 14.1 Å². The third-order valence-corrected chi connectivity index (χ3v) is 11.2. The zero-order valence-corrected chi connectivity index (χ0v) is 22.2. The van der Waals surface area contributed by atoms with Gasteiger partial charge in [0, 0.05) is 19.5 Å². The summed E-state index contributed by atoms with van der Waals surface area (Å²) >= 11 is 0. The third-order valence-electron chi connectivity index (χ3n) is 11.2. The van der Waals surface area contributed by atoms with Crippen molar-refractivity contribution in [2.45, 2.75) is 96.9 Å². The lowest BCUT2D eigenvalue weighted by atomic mass is 9.43. The molecule has 4 aliphatic rings. The van der Waals surface area contributed by atoms with Gasteiger partial charge in [-0.2, -0.15) is 0 Å². The molecule has 0 aromatic carbocycles. The fraction of sp³-hybridized carbons (Fsp3) is 0.964. The van der Waals surface area contributed by atoms with Gasteiger partial charge in [0.15, 0.2) is 0 Å². The number of hydrogen-bond donors (Lipinski definition) is 4. The molecule has 4 rings (SSSR count). The van der Waals surface area contributed by atoms with E-state index in [1.165, 1.54) is 0 Å². The Morgan fingerprint density at radius 1 is 1.06 bits per heavy atom. The van der Waals surface area contributed by atoms with E-state index in [9.17, 15) is 20.1 Å². The number of nitrogens with zero attached hydrogens (tertiary/aromatic N) is 1. The van der Waals surface area contributed by atoms with Crippen LogP contribution in [-0.4, -0.2) is 71.6 Å². The van der Waals surface area contributed by atoms with Crippen molar-refractivity contribution < 1.29 is 20.1 Å². The molecule has 0 spiro atoms. The highest BCUT2D eigenvalue weighted by atomic mass is 16.3. The zero-order chi connectivity index (χ0) is 24.8. The van der Waals surface area contributed by atoms with Crippen LogP contribution in [0.3, 0.4) is 0 Å². The Hall–Kier alpha value is -0.690. The maximum atomic E-state index is 12.4. The maximum absolute atomic E-state index is 12.4. The van der Waals surface area contributed by atoms with Crippen LogP contribution in [0.1, 0.15) is 78.6 Å². The van der Waals surface area contributed by atoms with Crippen molar-refractivity contribution in [2.75, 3.05) is 27.2 Å². The van der Waals surface area contributed by atoms with Gasteiger partial charge in [-0.1, -0.05) is 20.8 Å². The summed E-state index contributed by atoms with van der Waals surface area (Å²) in [4.78, 5) is 14.4. The smallest absolute Gasteiger partial charge is 0.220 e. The Morgan fingerprint density at radius 3 is 2.50 bits per heavy atom. The summed E-state index contributed by atoms with van der Waals surface area (Å²) in [6, 6.07) is 0. The minimum atomic E-state index is -0.364. The number of fused-ring (bicyclic) bond motifs is 5. The molecule has 0 aliphatic heterocycles. The highest BCUT2D eigenvalue weighted by Crippen LogP contribution is 2.68. The van der Waals surface area contributed by atoms with Crippen LogP contribution in [0.4, 0.5) is 0 Å². The van der Waals surface area contributed by atoms with Gasteiger partial charge in [-0.25, -0.2) is 0 Å². The summed E-state index contributed by atoms with van der Waals surface area (Å²) in [5.41, 5.74) is -0.0832. The summed E-state index contributed by atoms with van der Waals surface area (Å²) in [6.45, 7) is 8.46. The fourth-order valence-corrected chi connectivity index (χ4v) is 9.20. The summed E-state index contributed by atoms with van der Waals surface area (Å²) in [7, 11) is 4.01. The van der Waals surface area contributed by atoms with Gasteiger partial charge in [0.25, 0.3) is 0 Å². The predicted molar refractivity (Wildman–Crippen MR) is 134 cm³/mol. The van der Waals surface area contributed by atoms with Crippen LogP contribution < -0.4 is 5.32 Å². The Balaban J connectivity index is 1.44. The molecule has 0 aromatic heterocycles. The first-order chi connectivity index (χ1) is 16.0. The van der Waals surface area contributed by atoms with E-state index in [-0.39, 0.29) is 41.0 Å². The van der Waals surface area contributed by atoms with Crippen molar-refractivity contribution in [2.24, 2.45) is 46.3 Å². The van der Waals surface area contributed by atoms with Gasteiger partial charge in [-0.05, 0) is 112 Å². The number of hydrogen-bond acceptors (Lipinski definition) is 5. The number of rotatable bonds is 7. The normalized spacial score (nSPS) is 47.0. The number of aliphatic hydroxyl groups excluding tert-OH is 3. The van der Waals surface area contributed by atoms with E-state index in [2.05, 4.69) is 31.0 Å². The quantitative estimate of drug-likeness (QED) is 0.451. The molecule has 196 valence electrons. The average Bonchev–Trinajstić information content (AvgIpc) is 3.12. The summed E-state index contributed by atoms with van der Waals surface area (Å²) in [5, 5.41) is 36.4. The van der Waals surface area contributed by atoms with Crippen LogP contribution in [0.15, 0.2) is 0 Å². The number of carbonyl (C=O) groups is 1. The number of nitrogens with one attached hydrogen (secondary N) is 1. The number of aliphatic hydroxyl groups is 3. The maximum Gasteiger partial charge on any atom is 0.220 e. The second-order valence-electron chi connectivity index (χ2n) is 13.2. The molecule has 11 atom stereocenters. The minimum absolute atomic E-state index is 0.111. The van der Waals surface area contributed by atoms with Crippen LogP contribution >= 0.6 is 0 Å². The first-order valence-electron chi connectivity index (χ1n) is 13.9. The lowest BCUT2D eigenvalue weighted by Gasteiger charge is -2.63. The molecule has 1 unspecified atom stereocenters. The molecular weight excluding hydrogens is 428 g/mol. The predicted octanol–water partition coefficient (Wildman–Crippen LogP) is 3.04. The Morgan fingerprint density at radius 2 is 1.79 bits per heavy atom. The van der Waals surface area contributed by atoms with Crippen molar-refractivity contribution in [1.29, 1.82) is 0 Å². The van der Waals surface area contributed by atoms with Gasteiger partial charge in [0.2, 0.25) is 5.91 Å². The van der Waals surface area contributed by atoms with Crippen molar-refractivity contribution in [1.82, 2.24) is 10.2 Å². The van der Waals surface area contributed by atoms with E-state index >= 15 is 0 Å². The first-order valence-corrected chi connectivity index (χ1v) is 13.9. The monoisotopic (exact) mass is 478 g/mol. The molecule has 0 bridgehead atoms. The van der Waals surface area contributed by atoms with Crippen molar-refractivity contribution in [3.63, 3.8) is 0 Å². The van der Waals surface area contributed by atoms with E-state index in [4.69, 9.17) is 0 Å². The van der Waals surface area contributed by atoms with Crippen LogP contribution in [0.2, 0.25) is 0 Å². The molecule has 0 aromatic rings. The Kier molecular flexibility index (Phi) is 7.75. The molecule has 4 aliphatic carbocycles. The number of likely N-dealkylation sites (N-methyl/N-ethyl adjacent to an activating group) is 1. The highest BCUT2D eigenvalue weighted by molar-refractivity contribution is 5.75. The van der Waals surface area contributed by atoms with E-state index in [0.29, 0.717) is 42.6 Å². The van der Waals surface area contributed by atoms with Crippen LogP contribution in [0, 0.1) is 46.3 Å². The SMILES string of the molecule is C[C@H](CCC(=O)NCCN(C)C)C1CC[C@H]2[C@@H]3[C@H](O)C[C@@H]4C[C@H](O)CC[C@]4(C)[C@H]3C[C@H](O)[C@]12C. The molecule has 1 amide bonds. The van der Waals surface area contributed by atoms with Crippen LogP contribution in [0.5, 0.6) is 0 Å². The standard InChI is InChI=1S/C28H50N2O4/c1-17(6-9-25(34)29-12-13-30(4)5)20-7-8-21-26-22(16-24(33)28(20,21)3)27(2)11-10-19(31)14-18(27)15-23(26)32/h17-24,26,31-33H,6-16H2,1-5H3,(H,29,34)/t17-,18+,19-,20?,21+,22+,23-,24+,26+,27+,28-/m1/s1. The second kappa shape index (κ2) is 9.99. The average molecular weight is 479 g/mol. The minimum Gasteiger partial charge on any atom is -0.393 e. The lowest BCUT2D eigenvalue weighted by molar-refractivity contribution is -0.207. The number of amides is 1. The van der Waals surface area contributed by atoms with Crippen LogP contribution in [0.25, 0.3) is 0 Å². The van der Waals surface area contributed by atoms with Crippen molar-refractivity contribution in [3.05, 3.63) is 0 Å². The molecule has 6 heteroatoms. The Bertz CT molecular complexity index is 731. The largest absolute Gasteiger partial charge is 0.393 e. The van der Waals surface area contributed by atoms with Crippen molar-refractivity contribution in [3.8, 4) is 0 Å². The van der Waals surface area contributed by atoms with Gasteiger partial charge in [0.05, 0.1) is 18.3 Å². The molecule has 0 radical (unpaired) electrons. The van der Waals surface area contributed by atoms with Crippen LogP contribution in [-0.2, 0) is 4.79 Å². The van der Waals surface area contributed by atoms with Gasteiger partial charge >= 0.3 is 0 Å². The van der Waals surface area contributed by atoms with E-state index in [0.717, 1.165) is 57.9 Å². The zero-order valence-electron chi connectivity index (χ0n) is 22.2. The topological polar surface area (TPSA) is 93.0 Å². The summed E-state index contributed by atoms with van der Waals surface area (Å²) < 4.78 is 0. The highest BCUT2D eigenvalue weighted by Gasteiger charge is 2.65. The molecule has 4 fully saturated rings. The lowest BCUT2D eigenvalue weighted by Crippen LogP contribution is -2.62. The fourth-order valence-electron chi connectivity index (χ4n) is 9.20. The van der Waals surface area contributed by atoms with Gasteiger partial charge in [0.1, 0.15) is 0 Å². The second-order valence-corrected chi connectivity index (χ2v) is 13.2.